The summed E-state index contributed by atoms with van der Waals surface area (Å²) in [6.07, 6.45) is 3.41. The maximum absolute atomic E-state index is 14.7. The van der Waals surface area contributed by atoms with Crippen molar-refractivity contribution in [2.24, 2.45) is 23.7 Å². The van der Waals surface area contributed by atoms with E-state index in [9.17, 15) is 39.9 Å². The van der Waals surface area contributed by atoms with E-state index in [-0.39, 0.29) is 70.8 Å². The predicted octanol–water partition coefficient (Wildman–Crippen LogP) is 6.19. The number of benzene rings is 3. The standard InChI is InChI=1S/C52H68N2O17/c1-27-11-10-12-28(2)51(62)54-42-35(26-53-34-13-14-37-38(25-34)68-24-22-66-20-18-64-17-19-65-21-23-67-37)46(59)39-40(47(42)60)45(58)32(6)49-41(39)50(61)52(8,71-49)69-16-15-36(63-9)29(3)48(70-33(7)55)31(5)44(57)30(4)43(27)56/h10-16,25,27,29-31,36,43-44,48,53,56-60H,17-24,26H2,1-9H3,(H,54,62)/b11-10-,16-15-,28-12+/t27-,29+,30-,31+,36-,43-,44+,48+,52-/m0/s1. The molecule has 1 amide bonds. The maximum Gasteiger partial charge on any atom is 0.312 e. The lowest BCUT2D eigenvalue weighted by Crippen LogP contribution is -2.46. The second-order valence-corrected chi connectivity index (χ2v) is 18.2. The van der Waals surface area contributed by atoms with Crippen molar-refractivity contribution in [2.45, 2.75) is 92.1 Å². The summed E-state index contributed by atoms with van der Waals surface area (Å²) in [6, 6.07) is 5.05. The number of anilines is 2. The molecule has 5 bridgehead atoms. The number of ether oxygens (including phenoxy) is 9. The number of esters is 1. The Balaban J connectivity index is 1.46. The molecule has 388 valence electrons. The van der Waals surface area contributed by atoms with Crippen LogP contribution in [0.25, 0.3) is 10.8 Å². The number of nitrogens with one attached hydrogen (secondary N) is 2. The molecule has 9 atom stereocenters. The molecule has 19 nitrogen and oxygen atoms in total. The number of hydrogen-bond acceptors (Lipinski definition) is 18. The number of carbonyl (C=O) groups is 3. The number of methoxy groups -OCH3 is 1. The minimum atomic E-state index is -2.09. The number of hydrogen-bond donors (Lipinski definition) is 7. The van der Waals surface area contributed by atoms with Crippen LogP contribution in [0.3, 0.4) is 0 Å². The number of rotatable bonds is 5. The smallest absolute Gasteiger partial charge is 0.312 e. The summed E-state index contributed by atoms with van der Waals surface area (Å²) in [7, 11) is 1.43. The van der Waals surface area contributed by atoms with Crippen molar-refractivity contribution in [1.29, 1.82) is 0 Å². The fourth-order valence-corrected chi connectivity index (χ4v) is 8.96. The van der Waals surface area contributed by atoms with E-state index in [2.05, 4.69) is 10.6 Å². The fraction of sp³-hybridized carbons (Fsp3) is 0.519. The molecule has 0 saturated heterocycles. The van der Waals surface area contributed by atoms with E-state index < -0.39 is 88.8 Å². The zero-order valence-corrected chi connectivity index (χ0v) is 41.7. The lowest BCUT2D eigenvalue weighted by atomic mass is 9.78. The highest BCUT2D eigenvalue weighted by Gasteiger charge is 2.50. The molecule has 4 aliphatic heterocycles. The average Bonchev–Trinajstić information content (AvgIpc) is 3.60. The molecule has 0 aromatic heterocycles. The molecule has 0 fully saturated rings. The number of amides is 1. The third kappa shape index (κ3) is 12.2. The summed E-state index contributed by atoms with van der Waals surface area (Å²) >= 11 is 0. The van der Waals surface area contributed by atoms with Crippen molar-refractivity contribution < 1.29 is 82.5 Å². The first-order valence-electron chi connectivity index (χ1n) is 23.7. The Bertz CT molecular complexity index is 2510. The second kappa shape index (κ2) is 23.9. The molecule has 4 heterocycles. The topological polar surface area (TPSA) is 259 Å². The summed E-state index contributed by atoms with van der Waals surface area (Å²) < 4.78 is 52.5. The largest absolute Gasteiger partial charge is 0.507 e. The Morgan fingerprint density at radius 3 is 2.08 bits per heavy atom. The molecular weight excluding hydrogens is 925 g/mol. The summed E-state index contributed by atoms with van der Waals surface area (Å²) in [5.74, 6) is -7.89. The third-order valence-electron chi connectivity index (χ3n) is 13.2. The molecule has 3 aromatic carbocycles. The van der Waals surface area contributed by atoms with Crippen molar-refractivity contribution in [1.82, 2.24) is 0 Å². The Morgan fingerprint density at radius 1 is 0.817 bits per heavy atom. The number of carbonyl (C=O) groups excluding carboxylic acids is 3. The molecule has 7 N–H and O–H groups in total. The summed E-state index contributed by atoms with van der Waals surface area (Å²) in [5, 5.41) is 64.8. The molecule has 0 aliphatic carbocycles. The number of aliphatic hydroxyl groups is 2. The van der Waals surface area contributed by atoms with Gasteiger partial charge in [0.2, 0.25) is 0 Å². The average molecular weight is 993 g/mol. The van der Waals surface area contributed by atoms with Gasteiger partial charge in [-0.25, -0.2) is 0 Å². The van der Waals surface area contributed by atoms with Crippen molar-refractivity contribution in [2.75, 3.05) is 70.6 Å². The van der Waals surface area contributed by atoms with Crippen LogP contribution >= 0.6 is 0 Å². The van der Waals surface area contributed by atoms with Gasteiger partial charge in [-0.3, -0.25) is 14.4 Å². The van der Waals surface area contributed by atoms with Crippen LogP contribution < -0.4 is 24.8 Å². The van der Waals surface area contributed by atoms with Gasteiger partial charge in [-0.1, -0.05) is 45.9 Å². The zero-order valence-electron chi connectivity index (χ0n) is 41.7. The molecule has 71 heavy (non-hydrogen) atoms. The molecule has 3 aromatic rings. The van der Waals surface area contributed by atoms with Gasteiger partial charge in [0.1, 0.15) is 36.6 Å². The van der Waals surface area contributed by atoms with Crippen LogP contribution in [0.15, 0.2) is 54.3 Å². The first-order valence-corrected chi connectivity index (χ1v) is 23.7. The van der Waals surface area contributed by atoms with Crippen LogP contribution in [0.4, 0.5) is 11.4 Å². The van der Waals surface area contributed by atoms with Crippen molar-refractivity contribution in [3.05, 3.63) is 71.0 Å². The zero-order chi connectivity index (χ0) is 51.7. The van der Waals surface area contributed by atoms with Crippen LogP contribution in [0.1, 0.15) is 70.0 Å². The van der Waals surface area contributed by atoms with Crippen LogP contribution in [0.5, 0.6) is 34.5 Å². The number of ketones is 1. The number of fused-ring (bicyclic) bond motifs is 15. The number of allylic oxidation sites excluding steroid dienone is 2. The first-order chi connectivity index (χ1) is 33.8. The molecule has 19 heteroatoms. The van der Waals surface area contributed by atoms with E-state index in [4.69, 9.17) is 42.6 Å². The Hall–Kier alpha value is -6.09. The number of aromatic hydroxyl groups is 3. The highest BCUT2D eigenvalue weighted by molar-refractivity contribution is 6.22. The van der Waals surface area contributed by atoms with Crippen LogP contribution in [0.2, 0.25) is 0 Å². The second-order valence-electron chi connectivity index (χ2n) is 18.2. The minimum absolute atomic E-state index is 0.0280. The van der Waals surface area contributed by atoms with E-state index in [0.29, 0.717) is 50.2 Å². The summed E-state index contributed by atoms with van der Waals surface area (Å²) in [6.45, 7) is 14.7. The van der Waals surface area contributed by atoms with Gasteiger partial charge < -0.3 is 78.8 Å². The monoisotopic (exact) mass is 992 g/mol. The highest BCUT2D eigenvalue weighted by Crippen LogP contribution is 2.55. The van der Waals surface area contributed by atoms with Crippen molar-refractivity contribution in [3.8, 4) is 34.5 Å². The Kier molecular flexibility index (Phi) is 18.2. The molecule has 0 radical (unpaired) electrons. The summed E-state index contributed by atoms with van der Waals surface area (Å²) in [5.41, 5.74) is 0.0752. The molecule has 7 rings (SSSR count). The van der Waals surface area contributed by atoms with Gasteiger partial charge >= 0.3 is 11.8 Å². The van der Waals surface area contributed by atoms with Crippen LogP contribution in [-0.2, 0) is 44.6 Å². The number of Topliss-reactive ketones (excluding diaryl/α,β-unsaturated/α-hetero) is 1. The SMILES string of the molecule is CO[C@H]1/C=C\O[C@@]2(C)Oc3c(C)c(O)c4c(O)c(c(CNc5ccc6c(c5)OCCOCCOCCOCCO6)c(O)c4c3C2=O)NC(=O)/C(C)=C/C=C\[C@H](C)[C@H](O)[C@H](C)[C@@H](O)[C@@H](C)[C@H](OC(C)=O)[C@@H]1C. The highest BCUT2D eigenvalue weighted by atomic mass is 16.7. The van der Waals surface area contributed by atoms with Crippen molar-refractivity contribution >= 4 is 39.8 Å². The molecule has 0 spiro atoms. The Labute approximate surface area is 413 Å². The van der Waals surface area contributed by atoms with E-state index in [1.54, 1.807) is 58.0 Å². The van der Waals surface area contributed by atoms with Gasteiger partial charge in [-0.15, -0.1) is 0 Å². The predicted molar refractivity (Wildman–Crippen MR) is 261 cm³/mol. The number of phenolic OH excluding ortho intramolecular Hbond substituents is 3. The number of phenols is 3. The van der Waals surface area contributed by atoms with Gasteiger partial charge in [0.25, 0.3) is 11.7 Å². The maximum atomic E-state index is 14.7. The van der Waals surface area contributed by atoms with E-state index >= 15 is 0 Å². The lowest BCUT2D eigenvalue weighted by molar-refractivity contribution is -0.160. The van der Waals surface area contributed by atoms with Gasteiger partial charge in [0.05, 0.1) is 80.9 Å². The van der Waals surface area contributed by atoms with Gasteiger partial charge in [0.15, 0.2) is 17.2 Å². The first kappa shape index (κ1) is 54.2. The quantitative estimate of drug-likeness (QED) is 0.0854. The lowest BCUT2D eigenvalue weighted by Gasteiger charge is -2.38. The van der Waals surface area contributed by atoms with E-state index in [0.717, 1.165) is 0 Å². The van der Waals surface area contributed by atoms with Gasteiger partial charge in [-0.05, 0) is 32.1 Å². The molecule has 4 aliphatic rings. The normalized spacial score (nSPS) is 29.1. The third-order valence-corrected chi connectivity index (χ3v) is 13.2. The minimum Gasteiger partial charge on any atom is -0.507 e. The van der Waals surface area contributed by atoms with Gasteiger partial charge in [-0.2, -0.15) is 0 Å². The van der Waals surface area contributed by atoms with Crippen LogP contribution in [0, 0.1) is 30.6 Å². The van der Waals surface area contributed by atoms with Gasteiger partial charge in [0, 0.05) is 85.0 Å². The molecule has 0 unspecified atom stereocenters. The van der Waals surface area contributed by atoms with E-state index in [1.165, 1.54) is 53.2 Å². The van der Waals surface area contributed by atoms with Crippen molar-refractivity contribution in [3.63, 3.8) is 0 Å². The van der Waals surface area contributed by atoms with Crippen LogP contribution in [-0.4, -0.2) is 133 Å². The molecular formula is C52H68N2O17. The summed E-state index contributed by atoms with van der Waals surface area (Å²) in [4.78, 5) is 41.1. The Morgan fingerprint density at radius 2 is 1.45 bits per heavy atom. The van der Waals surface area contributed by atoms with E-state index in [1.807, 2.05) is 0 Å². The fourth-order valence-electron chi connectivity index (χ4n) is 8.96. The number of aliphatic hydroxyl groups excluding tert-OH is 2. The molecule has 0 saturated carbocycles.